The topological polar surface area (TPSA) is 119 Å². The number of hydrogen-bond donors (Lipinski definition) is 1. The van der Waals surface area contributed by atoms with Crippen LogP contribution in [-0.4, -0.2) is 46.6 Å². The number of pyridine rings is 1. The summed E-state index contributed by atoms with van der Waals surface area (Å²) >= 11 is 1.41. The largest absolute Gasteiger partial charge is 0.491 e. The number of nitrogens with zero attached hydrogens (tertiary/aromatic N) is 6. The third kappa shape index (κ3) is 4.50. The van der Waals surface area contributed by atoms with Crippen LogP contribution in [0, 0.1) is 22.7 Å². The van der Waals surface area contributed by atoms with Crippen LogP contribution in [0.25, 0.3) is 11.1 Å². The van der Waals surface area contributed by atoms with Gasteiger partial charge in [-0.3, -0.25) is 0 Å². The van der Waals surface area contributed by atoms with Crippen LogP contribution in [0.4, 0.5) is 5.82 Å². The Morgan fingerprint density at radius 3 is 2.47 bits per heavy atom. The number of aliphatic hydroxyl groups excluding tert-OH is 1. The predicted octanol–water partition coefficient (Wildman–Crippen LogP) is 3.16. The Morgan fingerprint density at radius 2 is 1.88 bits per heavy atom. The van der Waals surface area contributed by atoms with Gasteiger partial charge in [0.25, 0.3) is 0 Å². The zero-order chi connectivity index (χ0) is 22.3. The average molecular weight is 445 g/mol. The van der Waals surface area contributed by atoms with E-state index in [2.05, 4.69) is 27.2 Å². The highest BCUT2D eigenvalue weighted by Crippen LogP contribution is 2.39. The van der Waals surface area contributed by atoms with Gasteiger partial charge in [0.1, 0.15) is 40.9 Å². The molecule has 0 unspecified atom stereocenters. The molecule has 0 saturated carbocycles. The standard InChI is InChI=1S/C23H20N6O2S/c24-13-19-21(16-4-6-18(7-5-16)31-12-11-30)20(14-25)23(27-22(19)29-9-2-10-29)32-15-17-3-1-8-26-28-17/h1,3-8,30H,2,9-12,15H2. The van der Waals surface area contributed by atoms with Gasteiger partial charge in [-0.15, -0.1) is 0 Å². The summed E-state index contributed by atoms with van der Waals surface area (Å²) in [6.45, 7) is 1.78. The van der Waals surface area contributed by atoms with E-state index in [1.165, 1.54) is 11.8 Å². The van der Waals surface area contributed by atoms with Gasteiger partial charge in [-0.1, -0.05) is 23.9 Å². The Labute approximate surface area is 190 Å². The highest BCUT2D eigenvalue weighted by molar-refractivity contribution is 7.98. The quantitative estimate of drug-likeness (QED) is 0.522. The van der Waals surface area contributed by atoms with E-state index in [9.17, 15) is 10.5 Å². The first-order valence-electron chi connectivity index (χ1n) is 10.1. The highest BCUT2D eigenvalue weighted by Gasteiger charge is 2.27. The minimum Gasteiger partial charge on any atom is -0.491 e. The number of nitriles is 2. The van der Waals surface area contributed by atoms with Crippen molar-refractivity contribution in [3.8, 4) is 29.0 Å². The number of anilines is 1. The molecular weight excluding hydrogens is 424 g/mol. The number of benzene rings is 1. The first-order chi connectivity index (χ1) is 15.7. The number of ether oxygens (including phenoxy) is 1. The van der Waals surface area contributed by atoms with Crippen molar-refractivity contribution < 1.29 is 9.84 Å². The van der Waals surface area contributed by atoms with Gasteiger partial charge in [0.15, 0.2) is 0 Å². The molecule has 2 aromatic heterocycles. The molecule has 3 heterocycles. The molecule has 1 aromatic carbocycles. The molecule has 0 atom stereocenters. The Kier molecular flexibility index (Phi) is 6.81. The fourth-order valence-electron chi connectivity index (χ4n) is 3.35. The van der Waals surface area contributed by atoms with E-state index < -0.39 is 0 Å². The molecule has 1 fully saturated rings. The molecule has 1 aliphatic rings. The maximum atomic E-state index is 10.0. The van der Waals surface area contributed by atoms with Crippen molar-refractivity contribution in [2.24, 2.45) is 0 Å². The molecule has 0 aliphatic carbocycles. The Balaban J connectivity index is 1.79. The van der Waals surface area contributed by atoms with Crippen LogP contribution in [0.1, 0.15) is 23.2 Å². The summed E-state index contributed by atoms with van der Waals surface area (Å²) in [5, 5.41) is 37.6. The van der Waals surface area contributed by atoms with Crippen LogP contribution in [-0.2, 0) is 5.75 Å². The Hall–Kier alpha value is -3.66. The lowest BCUT2D eigenvalue weighted by molar-refractivity contribution is 0.201. The van der Waals surface area contributed by atoms with Gasteiger partial charge in [-0.05, 0) is 36.2 Å². The molecule has 1 aliphatic heterocycles. The lowest BCUT2D eigenvalue weighted by atomic mass is 9.96. The summed E-state index contributed by atoms with van der Waals surface area (Å²) in [6, 6.07) is 15.4. The molecule has 8 nitrogen and oxygen atoms in total. The van der Waals surface area contributed by atoms with Crippen LogP contribution < -0.4 is 9.64 Å². The molecule has 1 saturated heterocycles. The van der Waals surface area contributed by atoms with Crippen LogP contribution >= 0.6 is 11.8 Å². The minimum atomic E-state index is -0.0746. The van der Waals surface area contributed by atoms with E-state index in [4.69, 9.17) is 14.8 Å². The number of rotatable bonds is 8. The van der Waals surface area contributed by atoms with E-state index in [0.717, 1.165) is 30.8 Å². The summed E-state index contributed by atoms with van der Waals surface area (Å²) in [7, 11) is 0. The molecule has 9 heteroatoms. The normalized spacial score (nSPS) is 12.5. The smallest absolute Gasteiger partial charge is 0.148 e. The fraction of sp³-hybridized carbons (Fsp3) is 0.261. The van der Waals surface area contributed by atoms with Gasteiger partial charge >= 0.3 is 0 Å². The lowest BCUT2D eigenvalue weighted by Crippen LogP contribution is -2.38. The molecule has 0 bridgehead atoms. The van der Waals surface area contributed by atoms with E-state index in [0.29, 0.717) is 39.0 Å². The van der Waals surface area contributed by atoms with Gasteiger partial charge in [-0.2, -0.15) is 20.7 Å². The van der Waals surface area contributed by atoms with Crippen molar-refractivity contribution >= 4 is 17.6 Å². The first kappa shape index (κ1) is 21.6. The van der Waals surface area contributed by atoms with E-state index in [-0.39, 0.29) is 13.2 Å². The van der Waals surface area contributed by atoms with Crippen LogP contribution in [0.3, 0.4) is 0 Å². The van der Waals surface area contributed by atoms with E-state index >= 15 is 0 Å². The highest BCUT2D eigenvalue weighted by atomic mass is 32.2. The molecule has 0 spiro atoms. The van der Waals surface area contributed by atoms with E-state index in [1.807, 2.05) is 24.3 Å². The monoisotopic (exact) mass is 444 g/mol. The molecule has 0 radical (unpaired) electrons. The molecule has 0 amide bonds. The number of aliphatic hydroxyl groups is 1. The maximum absolute atomic E-state index is 10.0. The summed E-state index contributed by atoms with van der Waals surface area (Å²) in [6.07, 6.45) is 2.66. The van der Waals surface area contributed by atoms with Gasteiger partial charge in [0, 0.05) is 30.6 Å². The fourth-order valence-corrected chi connectivity index (χ4v) is 4.23. The molecular formula is C23H20N6O2S. The van der Waals surface area contributed by atoms with Crippen LogP contribution in [0.15, 0.2) is 47.6 Å². The molecule has 4 rings (SSSR count). The second-order valence-electron chi connectivity index (χ2n) is 7.03. The van der Waals surface area contributed by atoms with Crippen LogP contribution in [0.5, 0.6) is 5.75 Å². The lowest BCUT2D eigenvalue weighted by Gasteiger charge is -2.33. The van der Waals surface area contributed by atoms with E-state index in [1.54, 1.807) is 18.3 Å². The molecule has 32 heavy (non-hydrogen) atoms. The minimum absolute atomic E-state index is 0.0746. The van der Waals surface area contributed by atoms with Crippen molar-refractivity contribution in [1.29, 1.82) is 10.5 Å². The third-order valence-electron chi connectivity index (χ3n) is 5.01. The maximum Gasteiger partial charge on any atom is 0.148 e. The average Bonchev–Trinajstić information content (AvgIpc) is 2.80. The van der Waals surface area contributed by atoms with Gasteiger partial charge in [-0.25, -0.2) is 4.98 Å². The number of hydrogen-bond acceptors (Lipinski definition) is 9. The Morgan fingerprint density at radius 1 is 1.09 bits per heavy atom. The van der Waals surface area contributed by atoms with Gasteiger partial charge < -0.3 is 14.7 Å². The van der Waals surface area contributed by atoms with Crippen LogP contribution in [0.2, 0.25) is 0 Å². The number of aromatic nitrogens is 3. The van der Waals surface area contributed by atoms with Crippen molar-refractivity contribution in [2.75, 3.05) is 31.2 Å². The SMILES string of the molecule is N#Cc1c(SCc2cccnn2)nc(N2CCC2)c(C#N)c1-c1ccc(OCCO)cc1. The van der Waals surface area contributed by atoms with Crippen molar-refractivity contribution in [3.63, 3.8) is 0 Å². The summed E-state index contributed by atoms with van der Waals surface area (Å²) < 4.78 is 5.44. The second-order valence-corrected chi connectivity index (χ2v) is 7.99. The summed E-state index contributed by atoms with van der Waals surface area (Å²) in [4.78, 5) is 6.80. The molecule has 160 valence electrons. The zero-order valence-electron chi connectivity index (χ0n) is 17.2. The van der Waals surface area contributed by atoms with Crippen molar-refractivity contribution in [2.45, 2.75) is 17.2 Å². The van der Waals surface area contributed by atoms with Crippen molar-refractivity contribution in [3.05, 3.63) is 59.4 Å². The number of thioether (sulfide) groups is 1. The summed E-state index contributed by atoms with van der Waals surface area (Å²) in [5.41, 5.74) is 2.85. The first-order valence-corrected chi connectivity index (χ1v) is 11.1. The molecule has 1 N–H and O–H groups in total. The van der Waals surface area contributed by atoms with Gasteiger partial charge in [0.2, 0.25) is 0 Å². The van der Waals surface area contributed by atoms with Gasteiger partial charge in [0.05, 0.1) is 17.9 Å². The predicted molar refractivity (Wildman–Crippen MR) is 120 cm³/mol. The van der Waals surface area contributed by atoms with Crippen molar-refractivity contribution in [1.82, 2.24) is 15.2 Å². The zero-order valence-corrected chi connectivity index (χ0v) is 18.0. The summed E-state index contributed by atoms with van der Waals surface area (Å²) in [5.74, 6) is 1.72. The molecule has 3 aromatic rings. The Bertz CT molecular complexity index is 1170. The second kappa shape index (κ2) is 10.1. The third-order valence-corrected chi connectivity index (χ3v) is 6.02.